The molecule has 0 unspecified atom stereocenters. The predicted octanol–water partition coefficient (Wildman–Crippen LogP) is 1.76. The van der Waals surface area contributed by atoms with E-state index in [2.05, 4.69) is 27.2 Å². The van der Waals surface area contributed by atoms with Gasteiger partial charge in [0.2, 0.25) is 0 Å². The van der Waals surface area contributed by atoms with Crippen LogP contribution in [0.25, 0.3) is 0 Å². The van der Waals surface area contributed by atoms with Gasteiger partial charge in [-0.3, -0.25) is 15.3 Å². The summed E-state index contributed by atoms with van der Waals surface area (Å²) in [6.07, 6.45) is 4.24. The van der Waals surface area contributed by atoms with Gasteiger partial charge < -0.3 is 4.74 Å². The number of thiophene rings is 1. The zero-order chi connectivity index (χ0) is 9.80. The molecule has 0 amide bonds. The summed E-state index contributed by atoms with van der Waals surface area (Å²) in [6, 6.07) is 1.89. The number of nitrogens with one attached hydrogen (secondary N) is 1. The first-order valence-corrected chi connectivity index (χ1v) is 4.80. The van der Waals surface area contributed by atoms with Gasteiger partial charge in [-0.25, -0.2) is 0 Å². The first kappa shape index (κ1) is 9.06. The molecule has 1 aromatic heterocycles. The largest absolute Gasteiger partial charge is 0.450 e. The van der Waals surface area contributed by atoms with Crippen molar-refractivity contribution in [2.45, 2.75) is 0 Å². The highest BCUT2D eigenvalue weighted by molar-refractivity contribution is 7.17. The zero-order valence-electron chi connectivity index (χ0n) is 7.53. The first-order chi connectivity index (χ1) is 6.90. The van der Waals surface area contributed by atoms with Gasteiger partial charge in [0.25, 0.3) is 0 Å². The van der Waals surface area contributed by atoms with Crippen molar-refractivity contribution in [1.29, 1.82) is 0 Å². The summed E-state index contributed by atoms with van der Waals surface area (Å²) in [4.78, 5) is 10.2. The normalized spacial score (nSPS) is 13.2. The van der Waals surface area contributed by atoms with Crippen molar-refractivity contribution in [3.63, 3.8) is 0 Å². The number of hydrogen-bond donors (Lipinski definition) is 1. The minimum absolute atomic E-state index is 0.473. The second-order valence-corrected chi connectivity index (χ2v) is 3.53. The molecule has 1 aromatic rings. The number of nitrogens with zero attached hydrogens (tertiary/aromatic N) is 1. The Balaban J connectivity index is 2.30. The molecule has 0 radical (unpaired) electrons. The van der Waals surface area contributed by atoms with E-state index < -0.39 is 0 Å². The Hall–Kier alpha value is -1.51. The molecule has 72 valence electrons. The second-order valence-electron chi connectivity index (χ2n) is 2.48. The van der Waals surface area contributed by atoms with E-state index in [1.165, 1.54) is 18.4 Å². The van der Waals surface area contributed by atoms with Crippen LogP contribution >= 0.6 is 11.3 Å². The Morgan fingerprint density at radius 3 is 3.50 bits per heavy atom. The lowest BCUT2D eigenvalue weighted by Crippen LogP contribution is -1.99. The Labute approximate surface area is 85.5 Å². The molecule has 2 heterocycles. The van der Waals surface area contributed by atoms with Gasteiger partial charge in [-0.15, -0.1) is 11.3 Å². The van der Waals surface area contributed by atoms with E-state index in [0.717, 1.165) is 15.6 Å². The highest BCUT2D eigenvalue weighted by Crippen LogP contribution is 2.35. The van der Waals surface area contributed by atoms with E-state index in [9.17, 15) is 0 Å². The molecular weight excluding hydrogens is 200 g/mol. The fourth-order valence-corrected chi connectivity index (χ4v) is 1.79. The predicted molar refractivity (Wildman–Crippen MR) is 55.9 cm³/mol. The SMILES string of the molecule is COC#Cc1cc2c(s1)NOCC=N2. The van der Waals surface area contributed by atoms with Crippen LogP contribution < -0.4 is 5.48 Å². The van der Waals surface area contributed by atoms with Gasteiger partial charge >= 0.3 is 0 Å². The average molecular weight is 208 g/mol. The average Bonchev–Trinajstić information content (AvgIpc) is 2.46. The van der Waals surface area contributed by atoms with Gasteiger partial charge in [0, 0.05) is 6.21 Å². The number of rotatable bonds is 0. The summed E-state index contributed by atoms with van der Waals surface area (Å²) in [5, 5.41) is 0.874. The minimum atomic E-state index is 0.473. The fraction of sp³-hybridized carbons (Fsp3) is 0.222. The molecule has 1 N–H and O–H groups in total. The monoisotopic (exact) mass is 208 g/mol. The molecule has 0 aliphatic carbocycles. The van der Waals surface area contributed by atoms with Crippen molar-refractivity contribution in [2.24, 2.45) is 4.99 Å². The van der Waals surface area contributed by atoms with Crippen LogP contribution in [0.15, 0.2) is 11.1 Å². The van der Waals surface area contributed by atoms with Crippen LogP contribution in [0, 0.1) is 12.0 Å². The number of aliphatic imine (C=N–C) groups is 1. The van der Waals surface area contributed by atoms with E-state index in [4.69, 9.17) is 4.84 Å². The molecule has 1 aliphatic heterocycles. The third-order valence-corrected chi connectivity index (χ3v) is 2.48. The quantitative estimate of drug-likeness (QED) is 0.661. The van der Waals surface area contributed by atoms with Crippen molar-refractivity contribution in [3.8, 4) is 12.0 Å². The summed E-state index contributed by atoms with van der Waals surface area (Å²) in [5.74, 6) is 2.85. The van der Waals surface area contributed by atoms with Gasteiger partial charge in [0.1, 0.15) is 23.4 Å². The molecule has 0 saturated carbocycles. The molecule has 0 fully saturated rings. The van der Waals surface area contributed by atoms with E-state index >= 15 is 0 Å². The number of anilines is 1. The van der Waals surface area contributed by atoms with Crippen molar-refractivity contribution in [1.82, 2.24) is 0 Å². The van der Waals surface area contributed by atoms with E-state index in [-0.39, 0.29) is 0 Å². The fourth-order valence-electron chi connectivity index (χ4n) is 0.993. The molecule has 4 nitrogen and oxygen atoms in total. The van der Waals surface area contributed by atoms with Crippen LogP contribution in [0.3, 0.4) is 0 Å². The van der Waals surface area contributed by atoms with Crippen LogP contribution in [0.4, 0.5) is 10.7 Å². The molecule has 2 rings (SSSR count). The number of fused-ring (bicyclic) bond motifs is 1. The third-order valence-electron chi connectivity index (χ3n) is 1.54. The van der Waals surface area contributed by atoms with Gasteiger partial charge in [0.15, 0.2) is 0 Å². The molecule has 0 aromatic carbocycles. The van der Waals surface area contributed by atoms with Crippen LogP contribution in [-0.2, 0) is 9.57 Å². The van der Waals surface area contributed by atoms with E-state index in [1.807, 2.05) is 6.07 Å². The first-order valence-electron chi connectivity index (χ1n) is 3.98. The Morgan fingerprint density at radius 2 is 2.64 bits per heavy atom. The standard InChI is InChI=1S/C9H8N2O2S/c1-12-4-2-7-6-8-9(14-7)11-13-5-3-10-8/h3,6,11H,5H2,1H3. The molecule has 0 saturated heterocycles. The summed E-state index contributed by atoms with van der Waals surface area (Å²) in [5.41, 5.74) is 3.66. The maximum absolute atomic E-state index is 5.07. The van der Waals surface area contributed by atoms with Crippen LogP contribution in [-0.4, -0.2) is 19.9 Å². The van der Waals surface area contributed by atoms with Gasteiger partial charge in [-0.05, 0) is 12.0 Å². The highest BCUT2D eigenvalue weighted by atomic mass is 32.1. The number of hydrogen-bond acceptors (Lipinski definition) is 5. The highest BCUT2D eigenvalue weighted by Gasteiger charge is 2.08. The lowest BCUT2D eigenvalue weighted by atomic mass is 10.4. The van der Waals surface area contributed by atoms with E-state index in [0.29, 0.717) is 6.61 Å². The van der Waals surface area contributed by atoms with Crippen molar-refractivity contribution < 1.29 is 9.57 Å². The summed E-state index contributed by atoms with van der Waals surface area (Å²) in [6.45, 7) is 0.473. The van der Waals surface area contributed by atoms with Crippen LogP contribution in [0.1, 0.15) is 4.88 Å². The van der Waals surface area contributed by atoms with Crippen molar-refractivity contribution >= 4 is 28.2 Å². The molecule has 14 heavy (non-hydrogen) atoms. The molecule has 0 bridgehead atoms. The third kappa shape index (κ3) is 1.87. The van der Waals surface area contributed by atoms with Crippen LogP contribution in [0.5, 0.6) is 0 Å². The second kappa shape index (κ2) is 4.13. The maximum atomic E-state index is 5.07. The molecule has 5 heteroatoms. The topological polar surface area (TPSA) is 42.8 Å². The van der Waals surface area contributed by atoms with Gasteiger partial charge in [-0.2, -0.15) is 0 Å². The smallest absolute Gasteiger partial charge is 0.140 e. The van der Waals surface area contributed by atoms with Gasteiger partial charge in [0.05, 0.1) is 12.0 Å². The Morgan fingerprint density at radius 1 is 1.71 bits per heavy atom. The molecule has 0 atom stereocenters. The number of ether oxygens (including phenoxy) is 1. The van der Waals surface area contributed by atoms with Gasteiger partial charge in [-0.1, -0.05) is 0 Å². The summed E-state index contributed by atoms with van der Waals surface area (Å²) < 4.78 is 4.66. The lowest BCUT2D eigenvalue weighted by Gasteiger charge is -1.97. The van der Waals surface area contributed by atoms with E-state index in [1.54, 1.807) is 6.21 Å². The summed E-state index contributed by atoms with van der Waals surface area (Å²) in [7, 11) is 1.53. The number of methoxy groups -OCH3 is 1. The summed E-state index contributed by atoms with van der Waals surface area (Å²) >= 11 is 1.49. The maximum Gasteiger partial charge on any atom is 0.140 e. The lowest BCUT2D eigenvalue weighted by molar-refractivity contribution is 0.245. The van der Waals surface area contributed by atoms with Crippen molar-refractivity contribution in [2.75, 3.05) is 19.2 Å². The molecular formula is C9H8N2O2S. The Bertz CT molecular complexity index is 414. The molecule has 0 spiro atoms. The van der Waals surface area contributed by atoms with Crippen LogP contribution in [0.2, 0.25) is 0 Å². The minimum Gasteiger partial charge on any atom is -0.450 e. The van der Waals surface area contributed by atoms with Crippen molar-refractivity contribution in [3.05, 3.63) is 10.9 Å². The zero-order valence-corrected chi connectivity index (χ0v) is 8.35. The molecule has 1 aliphatic rings. The Kier molecular flexibility index (Phi) is 2.68.